The molecule has 3 nitrogen and oxygen atoms in total. The summed E-state index contributed by atoms with van der Waals surface area (Å²) in [5.74, 6) is -0.131. The lowest BCUT2D eigenvalue weighted by atomic mass is 10.2. The van der Waals surface area contributed by atoms with Crippen LogP contribution in [0.4, 0.5) is 5.69 Å². The van der Waals surface area contributed by atoms with Gasteiger partial charge in [-0.05, 0) is 19.1 Å². The Labute approximate surface area is 90.6 Å². The Morgan fingerprint density at radius 3 is 2.86 bits per heavy atom. The van der Waals surface area contributed by atoms with Crippen LogP contribution >= 0.6 is 15.9 Å². The second kappa shape index (κ2) is 4.91. The lowest BCUT2D eigenvalue weighted by Gasteiger charge is -2.06. The predicted octanol–water partition coefficient (Wildman–Crippen LogP) is 2.22. The van der Waals surface area contributed by atoms with Crippen LogP contribution in [0.15, 0.2) is 24.3 Å². The Morgan fingerprint density at radius 1 is 1.57 bits per heavy atom. The summed E-state index contributed by atoms with van der Waals surface area (Å²) in [6.07, 6.45) is 0.743. The minimum Gasteiger partial charge on any atom is -0.325 e. The molecule has 0 spiro atoms. The number of anilines is 1. The molecule has 1 aromatic rings. The number of benzene rings is 1. The van der Waals surface area contributed by atoms with E-state index in [4.69, 9.17) is 0 Å². The minimum absolute atomic E-state index is 0.131. The Morgan fingerprint density at radius 2 is 2.29 bits per heavy atom. The van der Waals surface area contributed by atoms with E-state index in [0.29, 0.717) is 11.3 Å². The molecule has 0 saturated heterocycles. The van der Waals surface area contributed by atoms with Crippen molar-refractivity contribution in [2.45, 2.75) is 11.8 Å². The third-order valence-electron chi connectivity index (χ3n) is 1.65. The van der Waals surface area contributed by atoms with E-state index in [-0.39, 0.29) is 10.7 Å². The van der Waals surface area contributed by atoms with Crippen molar-refractivity contribution >= 4 is 33.8 Å². The first-order valence-electron chi connectivity index (χ1n) is 4.13. The zero-order valence-corrected chi connectivity index (χ0v) is 9.24. The van der Waals surface area contributed by atoms with E-state index in [1.807, 2.05) is 0 Å². The Balaban J connectivity index is 2.76. The molecule has 0 aromatic heterocycles. The number of aldehydes is 1. The number of hydrogen-bond acceptors (Lipinski definition) is 2. The number of alkyl halides is 1. The number of halogens is 1. The van der Waals surface area contributed by atoms with Gasteiger partial charge in [-0.2, -0.15) is 0 Å². The maximum atomic E-state index is 11.3. The number of carbonyl (C=O) groups is 2. The molecule has 0 radical (unpaired) electrons. The van der Waals surface area contributed by atoms with Gasteiger partial charge in [0, 0.05) is 11.3 Å². The Kier molecular flexibility index (Phi) is 3.83. The molecule has 1 unspecified atom stereocenters. The fourth-order valence-electron chi connectivity index (χ4n) is 0.931. The summed E-state index contributed by atoms with van der Waals surface area (Å²) < 4.78 is 0. The van der Waals surface area contributed by atoms with Gasteiger partial charge < -0.3 is 5.32 Å². The minimum atomic E-state index is -0.248. The van der Waals surface area contributed by atoms with Crippen LogP contribution < -0.4 is 5.32 Å². The monoisotopic (exact) mass is 255 g/mol. The van der Waals surface area contributed by atoms with Crippen LogP contribution in [-0.2, 0) is 4.79 Å². The van der Waals surface area contributed by atoms with Crippen LogP contribution in [-0.4, -0.2) is 17.0 Å². The molecule has 0 saturated carbocycles. The van der Waals surface area contributed by atoms with Crippen LogP contribution in [0.25, 0.3) is 0 Å². The lowest BCUT2D eigenvalue weighted by molar-refractivity contribution is -0.115. The van der Waals surface area contributed by atoms with Gasteiger partial charge in [0.15, 0.2) is 0 Å². The molecule has 1 rings (SSSR count). The third kappa shape index (κ3) is 2.96. The second-order valence-electron chi connectivity index (χ2n) is 2.85. The molecule has 0 bridgehead atoms. The van der Waals surface area contributed by atoms with Crippen molar-refractivity contribution in [3.8, 4) is 0 Å². The molecule has 1 atom stereocenters. The normalized spacial score (nSPS) is 11.9. The lowest BCUT2D eigenvalue weighted by Crippen LogP contribution is -2.19. The molecule has 0 aliphatic heterocycles. The van der Waals surface area contributed by atoms with E-state index in [0.717, 1.165) is 6.29 Å². The number of rotatable bonds is 3. The van der Waals surface area contributed by atoms with Gasteiger partial charge in [-0.1, -0.05) is 28.1 Å². The van der Waals surface area contributed by atoms with Crippen molar-refractivity contribution in [2.24, 2.45) is 0 Å². The third-order valence-corrected chi connectivity index (χ3v) is 2.07. The maximum absolute atomic E-state index is 11.3. The SMILES string of the molecule is CC(Br)C(=O)Nc1cccc(C=O)c1. The van der Waals surface area contributed by atoms with Crippen LogP contribution in [0.5, 0.6) is 0 Å². The average Bonchev–Trinajstić information content (AvgIpc) is 2.18. The summed E-state index contributed by atoms with van der Waals surface area (Å²) in [5.41, 5.74) is 1.18. The number of amides is 1. The largest absolute Gasteiger partial charge is 0.325 e. The smallest absolute Gasteiger partial charge is 0.237 e. The molecule has 1 amide bonds. The average molecular weight is 256 g/mol. The highest BCUT2D eigenvalue weighted by Crippen LogP contribution is 2.10. The van der Waals surface area contributed by atoms with Gasteiger partial charge in [-0.25, -0.2) is 0 Å². The van der Waals surface area contributed by atoms with E-state index in [2.05, 4.69) is 21.2 Å². The quantitative estimate of drug-likeness (QED) is 0.665. The molecular weight excluding hydrogens is 246 g/mol. The van der Waals surface area contributed by atoms with E-state index in [9.17, 15) is 9.59 Å². The molecule has 0 aliphatic rings. The van der Waals surface area contributed by atoms with Crippen molar-refractivity contribution in [1.29, 1.82) is 0 Å². The van der Waals surface area contributed by atoms with Gasteiger partial charge in [0.1, 0.15) is 6.29 Å². The predicted molar refractivity (Wildman–Crippen MR) is 58.8 cm³/mol. The topological polar surface area (TPSA) is 46.2 Å². The maximum Gasteiger partial charge on any atom is 0.237 e. The first kappa shape index (κ1) is 10.9. The summed E-state index contributed by atoms with van der Waals surface area (Å²) >= 11 is 3.15. The van der Waals surface area contributed by atoms with Gasteiger partial charge in [0.25, 0.3) is 0 Å². The number of hydrogen-bond donors (Lipinski definition) is 1. The summed E-state index contributed by atoms with van der Waals surface area (Å²) in [6.45, 7) is 1.74. The molecular formula is C10H10BrNO2. The number of nitrogens with one attached hydrogen (secondary N) is 1. The zero-order valence-electron chi connectivity index (χ0n) is 7.66. The van der Waals surface area contributed by atoms with Crippen LogP contribution in [0.1, 0.15) is 17.3 Å². The first-order valence-corrected chi connectivity index (χ1v) is 5.05. The first-order chi connectivity index (χ1) is 6.63. The number of carbonyl (C=O) groups excluding carboxylic acids is 2. The van der Waals surface area contributed by atoms with Crippen molar-refractivity contribution in [3.63, 3.8) is 0 Å². The second-order valence-corrected chi connectivity index (χ2v) is 4.22. The highest BCUT2D eigenvalue weighted by Gasteiger charge is 2.08. The fourth-order valence-corrected chi connectivity index (χ4v) is 1.05. The summed E-state index contributed by atoms with van der Waals surface area (Å²) in [4.78, 5) is 21.5. The van der Waals surface area contributed by atoms with Gasteiger partial charge in [-0.15, -0.1) is 0 Å². The van der Waals surface area contributed by atoms with Gasteiger partial charge in [0.05, 0.1) is 4.83 Å². The Hall–Kier alpha value is -1.16. The van der Waals surface area contributed by atoms with Crippen molar-refractivity contribution in [1.82, 2.24) is 0 Å². The van der Waals surface area contributed by atoms with Gasteiger partial charge in [0.2, 0.25) is 5.91 Å². The summed E-state index contributed by atoms with van der Waals surface area (Å²) in [7, 11) is 0. The van der Waals surface area contributed by atoms with E-state index in [1.165, 1.54) is 0 Å². The highest BCUT2D eigenvalue weighted by molar-refractivity contribution is 9.10. The van der Waals surface area contributed by atoms with E-state index in [1.54, 1.807) is 31.2 Å². The molecule has 0 aliphatic carbocycles. The van der Waals surface area contributed by atoms with Gasteiger partial charge >= 0.3 is 0 Å². The standard InChI is InChI=1S/C10H10BrNO2/c1-7(11)10(14)12-9-4-2-3-8(5-9)6-13/h2-7H,1H3,(H,12,14). The van der Waals surface area contributed by atoms with E-state index >= 15 is 0 Å². The van der Waals surface area contributed by atoms with Crippen LogP contribution in [0.3, 0.4) is 0 Å². The molecule has 0 heterocycles. The van der Waals surface area contributed by atoms with Crippen LogP contribution in [0, 0.1) is 0 Å². The molecule has 1 aromatic carbocycles. The summed E-state index contributed by atoms with van der Waals surface area (Å²) in [5, 5.41) is 2.67. The Bertz CT molecular complexity index is 350. The van der Waals surface area contributed by atoms with Crippen molar-refractivity contribution in [2.75, 3.05) is 5.32 Å². The van der Waals surface area contributed by atoms with Gasteiger partial charge in [-0.3, -0.25) is 9.59 Å². The highest BCUT2D eigenvalue weighted by atomic mass is 79.9. The van der Waals surface area contributed by atoms with E-state index < -0.39 is 0 Å². The molecule has 4 heteroatoms. The van der Waals surface area contributed by atoms with Crippen molar-refractivity contribution in [3.05, 3.63) is 29.8 Å². The fraction of sp³-hybridized carbons (Fsp3) is 0.200. The zero-order chi connectivity index (χ0) is 10.6. The van der Waals surface area contributed by atoms with Crippen molar-refractivity contribution < 1.29 is 9.59 Å². The molecule has 74 valence electrons. The summed E-state index contributed by atoms with van der Waals surface area (Å²) in [6, 6.07) is 6.76. The molecule has 0 fully saturated rings. The molecule has 14 heavy (non-hydrogen) atoms. The van der Waals surface area contributed by atoms with Crippen LogP contribution in [0.2, 0.25) is 0 Å². The molecule has 1 N–H and O–H groups in total.